The average molecular weight is 457 g/mol. The van der Waals surface area contributed by atoms with E-state index in [0.29, 0.717) is 24.4 Å². The van der Waals surface area contributed by atoms with Gasteiger partial charge in [-0.3, -0.25) is 9.48 Å². The van der Waals surface area contributed by atoms with E-state index in [1.807, 2.05) is 44.6 Å². The highest BCUT2D eigenvalue weighted by atomic mass is 16.3. The van der Waals surface area contributed by atoms with Crippen molar-refractivity contribution < 1.29 is 9.90 Å². The molecule has 0 bridgehead atoms. The molecule has 34 heavy (non-hydrogen) atoms. The van der Waals surface area contributed by atoms with E-state index in [2.05, 4.69) is 44.8 Å². The number of carbonyl (C=O) groups excluding carboxylic acids is 1. The molecule has 0 spiro atoms. The summed E-state index contributed by atoms with van der Waals surface area (Å²) >= 11 is 0. The third-order valence-corrected chi connectivity index (χ3v) is 6.46. The monoisotopic (exact) mass is 456 g/mol. The minimum Gasteiger partial charge on any atom is -0.391 e. The van der Waals surface area contributed by atoms with Gasteiger partial charge in [0.25, 0.3) is 5.91 Å². The lowest BCUT2D eigenvalue weighted by molar-refractivity contribution is 0.0868. The van der Waals surface area contributed by atoms with Crippen LogP contribution in [0.4, 0.5) is 0 Å². The minimum atomic E-state index is -0.503. The molecule has 3 heterocycles. The van der Waals surface area contributed by atoms with Gasteiger partial charge in [0.05, 0.1) is 17.8 Å². The number of rotatable bonds is 6. The maximum Gasteiger partial charge on any atom is 0.270 e. The summed E-state index contributed by atoms with van der Waals surface area (Å²) in [5.74, 6) is 0.357. The third kappa shape index (κ3) is 4.49. The molecule has 0 radical (unpaired) electrons. The van der Waals surface area contributed by atoms with E-state index in [9.17, 15) is 9.90 Å². The van der Waals surface area contributed by atoms with Crippen molar-refractivity contribution >= 4 is 5.91 Å². The van der Waals surface area contributed by atoms with Gasteiger partial charge in [0.2, 0.25) is 0 Å². The van der Waals surface area contributed by atoms with Gasteiger partial charge in [0, 0.05) is 31.2 Å². The number of pyridine rings is 1. The Labute approximate surface area is 198 Å². The Hall–Kier alpha value is -3.78. The second-order valence-electron chi connectivity index (χ2n) is 8.89. The lowest BCUT2D eigenvalue weighted by Gasteiger charge is -2.18. The molecular weight excluding hydrogens is 428 g/mol. The van der Waals surface area contributed by atoms with Crippen molar-refractivity contribution in [3.8, 4) is 17.1 Å². The number of nitrogens with one attached hydrogen (secondary N) is 1. The fraction of sp³-hybridized carbons (Fsp3) is 0.308. The molecule has 2 atom stereocenters. The van der Waals surface area contributed by atoms with Gasteiger partial charge in [-0.1, -0.05) is 24.3 Å². The predicted molar refractivity (Wildman–Crippen MR) is 129 cm³/mol. The van der Waals surface area contributed by atoms with E-state index >= 15 is 0 Å². The Bertz CT molecular complexity index is 1290. The molecular formula is C26H28N6O2. The van der Waals surface area contributed by atoms with Gasteiger partial charge in [-0.25, -0.2) is 9.67 Å². The molecule has 8 nitrogen and oxygen atoms in total. The SMILES string of the molecule is Cc1c(Cc2ccc(-c3ccn(C)n3)cc2)cc(C(=O)N[C@H]2CCC[C@@H]2O)nc1-n1cccn1. The van der Waals surface area contributed by atoms with E-state index in [1.54, 1.807) is 15.6 Å². The number of aromatic nitrogens is 5. The van der Waals surface area contributed by atoms with Gasteiger partial charge in [-0.2, -0.15) is 10.2 Å². The van der Waals surface area contributed by atoms with E-state index in [0.717, 1.165) is 40.8 Å². The minimum absolute atomic E-state index is 0.230. The molecule has 0 aliphatic heterocycles. The third-order valence-electron chi connectivity index (χ3n) is 6.46. The van der Waals surface area contributed by atoms with Crippen molar-refractivity contribution in [1.82, 2.24) is 29.9 Å². The number of hydrogen-bond donors (Lipinski definition) is 2. The summed E-state index contributed by atoms with van der Waals surface area (Å²) in [5, 5.41) is 21.9. The number of aryl methyl sites for hydroxylation is 1. The molecule has 4 aromatic rings. The van der Waals surface area contributed by atoms with Crippen molar-refractivity contribution in [1.29, 1.82) is 0 Å². The Morgan fingerprint density at radius 3 is 2.65 bits per heavy atom. The van der Waals surface area contributed by atoms with Crippen LogP contribution in [0.2, 0.25) is 0 Å². The summed E-state index contributed by atoms with van der Waals surface area (Å²) in [6.45, 7) is 2.00. The predicted octanol–water partition coefficient (Wildman–Crippen LogP) is 3.21. The van der Waals surface area contributed by atoms with Gasteiger partial charge in [0.1, 0.15) is 5.69 Å². The second kappa shape index (κ2) is 9.23. The van der Waals surface area contributed by atoms with Gasteiger partial charge >= 0.3 is 0 Å². The molecule has 1 fully saturated rings. The van der Waals surface area contributed by atoms with Gasteiger partial charge in [-0.05, 0) is 67.5 Å². The molecule has 1 amide bonds. The van der Waals surface area contributed by atoms with Crippen LogP contribution in [0.25, 0.3) is 17.1 Å². The van der Waals surface area contributed by atoms with Crippen LogP contribution in [0.5, 0.6) is 0 Å². The van der Waals surface area contributed by atoms with Crippen LogP contribution in [0.15, 0.2) is 61.1 Å². The molecule has 1 aliphatic rings. The fourth-order valence-electron chi connectivity index (χ4n) is 4.50. The summed E-state index contributed by atoms with van der Waals surface area (Å²) in [6, 6.07) is 13.8. The maximum atomic E-state index is 13.1. The molecule has 1 saturated carbocycles. The Balaban J connectivity index is 1.45. The van der Waals surface area contributed by atoms with E-state index < -0.39 is 6.10 Å². The first kappa shape index (κ1) is 22.0. The standard InChI is InChI=1S/C26H28N6O2/c1-17-20(15-18-7-9-19(10-8-18)21-11-14-31(2)30-21)16-23(28-25(17)32-13-4-12-27-32)26(34)29-22-5-3-6-24(22)33/h4,7-14,16,22,24,33H,3,5-6,15H2,1-2H3,(H,29,34)/t22-,24-/m0/s1. The number of hydrogen-bond acceptors (Lipinski definition) is 5. The molecule has 5 rings (SSSR count). The summed E-state index contributed by atoms with van der Waals surface area (Å²) in [6.07, 6.45) is 7.99. The topological polar surface area (TPSA) is 97.9 Å². The normalized spacial score (nSPS) is 17.7. The molecule has 8 heteroatoms. The highest BCUT2D eigenvalue weighted by molar-refractivity contribution is 5.93. The highest BCUT2D eigenvalue weighted by Crippen LogP contribution is 2.24. The fourth-order valence-corrected chi connectivity index (χ4v) is 4.50. The molecule has 1 aliphatic carbocycles. The van der Waals surface area contributed by atoms with Crippen molar-refractivity contribution in [2.24, 2.45) is 7.05 Å². The first-order chi connectivity index (χ1) is 16.5. The van der Waals surface area contributed by atoms with E-state index in [4.69, 9.17) is 0 Å². The van der Waals surface area contributed by atoms with Gasteiger partial charge in [-0.15, -0.1) is 0 Å². The van der Waals surface area contributed by atoms with Crippen LogP contribution in [0.3, 0.4) is 0 Å². The first-order valence-electron chi connectivity index (χ1n) is 11.6. The number of benzene rings is 1. The number of aliphatic hydroxyl groups excluding tert-OH is 1. The van der Waals surface area contributed by atoms with Crippen LogP contribution < -0.4 is 5.32 Å². The first-order valence-corrected chi connectivity index (χ1v) is 11.6. The highest BCUT2D eigenvalue weighted by Gasteiger charge is 2.27. The zero-order valence-corrected chi connectivity index (χ0v) is 19.3. The lowest BCUT2D eigenvalue weighted by atomic mass is 9.99. The van der Waals surface area contributed by atoms with Gasteiger partial charge < -0.3 is 10.4 Å². The molecule has 174 valence electrons. The van der Waals surface area contributed by atoms with E-state index in [-0.39, 0.29) is 11.9 Å². The number of amides is 1. The average Bonchev–Trinajstić information content (AvgIpc) is 3.59. The van der Waals surface area contributed by atoms with Gasteiger partial charge in [0.15, 0.2) is 5.82 Å². The van der Waals surface area contributed by atoms with Crippen LogP contribution in [-0.4, -0.2) is 47.7 Å². The quantitative estimate of drug-likeness (QED) is 0.464. The summed E-state index contributed by atoms with van der Waals surface area (Å²) < 4.78 is 3.47. The summed E-state index contributed by atoms with van der Waals surface area (Å²) in [7, 11) is 1.91. The van der Waals surface area contributed by atoms with E-state index in [1.165, 1.54) is 0 Å². The summed E-state index contributed by atoms with van der Waals surface area (Å²) in [5.41, 5.74) is 5.41. The molecule has 2 N–H and O–H groups in total. The van der Waals surface area contributed by atoms with Crippen LogP contribution in [-0.2, 0) is 13.5 Å². The number of aliphatic hydroxyl groups is 1. The van der Waals surface area contributed by atoms with Crippen molar-refractivity contribution in [3.63, 3.8) is 0 Å². The largest absolute Gasteiger partial charge is 0.391 e. The smallest absolute Gasteiger partial charge is 0.270 e. The Kier molecular flexibility index (Phi) is 5.98. The zero-order chi connectivity index (χ0) is 23.7. The number of nitrogens with zero attached hydrogens (tertiary/aromatic N) is 5. The molecule has 0 saturated heterocycles. The van der Waals surface area contributed by atoms with Crippen molar-refractivity contribution in [2.75, 3.05) is 0 Å². The Morgan fingerprint density at radius 1 is 1.18 bits per heavy atom. The second-order valence-corrected chi connectivity index (χ2v) is 8.89. The number of carbonyl (C=O) groups is 1. The van der Waals surface area contributed by atoms with Crippen molar-refractivity contribution in [2.45, 2.75) is 44.8 Å². The molecule has 1 aromatic carbocycles. The summed E-state index contributed by atoms with van der Waals surface area (Å²) in [4.78, 5) is 17.7. The van der Waals surface area contributed by atoms with Crippen molar-refractivity contribution in [3.05, 3.63) is 83.4 Å². The van der Waals surface area contributed by atoms with Crippen LogP contribution >= 0.6 is 0 Å². The zero-order valence-electron chi connectivity index (χ0n) is 19.3. The maximum absolute atomic E-state index is 13.1. The lowest BCUT2D eigenvalue weighted by Crippen LogP contribution is -2.40. The molecule has 0 unspecified atom stereocenters. The van der Waals surface area contributed by atoms with Crippen LogP contribution in [0, 0.1) is 6.92 Å². The Morgan fingerprint density at radius 2 is 2.00 bits per heavy atom. The van der Waals surface area contributed by atoms with Crippen LogP contribution in [0.1, 0.15) is 46.4 Å². The molecule has 3 aromatic heterocycles.